The smallest absolute Gasteiger partial charge is 0.330 e. The topological polar surface area (TPSA) is 96.2 Å². The van der Waals surface area contributed by atoms with E-state index in [1.165, 1.54) is 4.57 Å². The Kier molecular flexibility index (Phi) is 5.06. The second-order valence-corrected chi connectivity index (χ2v) is 5.52. The van der Waals surface area contributed by atoms with Gasteiger partial charge in [0, 0.05) is 25.7 Å². The van der Waals surface area contributed by atoms with E-state index in [1.54, 1.807) is 0 Å². The molecular formula is C14H25N5O2. The van der Waals surface area contributed by atoms with E-state index in [0.29, 0.717) is 12.2 Å². The molecule has 0 aromatic carbocycles. The number of rotatable bonds is 5. The number of nitrogen functional groups attached to an aromatic ring is 1. The lowest BCUT2D eigenvalue weighted by molar-refractivity contribution is 0.229. The van der Waals surface area contributed by atoms with Crippen LogP contribution in [0.15, 0.2) is 9.59 Å². The Morgan fingerprint density at radius 3 is 2.52 bits per heavy atom. The number of aromatic amines is 1. The number of H-pyrrole nitrogens is 1. The van der Waals surface area contributed by atoms with Crippen molar-refractivity contribution in [2.45, 2.75) is 45.7 Å². The number of aromatic nitrogens is 2. The van der Waals surface area contributed by atoms with Crippen molar-refractivity contribution in [2.75, 3.05) is 30.7 Å². The van der Waals surface area contributed by atoms with Gasteiger partial charge in [0.1, 0.15) is 11.5 Å². The number of hydrogen-bond acceptors (Lipinski definition) is 5. The Morgan fingerprint density at radius 2 is 1.95 bits per heavy atom. The van der Waals surface area contributed by atoms with Crippen molar-refractivity contribution in [1.82, 2.24) is 14.5 Å². The van der Waals surface area contributed by atoms with Crippen LogP contribution in [-0.2, 0) is 6.54 Å². The van der Waals surface area contributed by atoms with Crippen LogP contribution in [0.3, 0.4) is 0 Å². The van der Waals surface area contributed by atoms with E-state index >= 15 is 0 Å². The number of nitrogens with zero attached hydrogens (tertiary/aromatic N) is 2. The van der Waals surface area contributed by atoms with Gasteiger partial charge in [-0.15, -0.1) is 0 Å². The van der Waals surface area contributed by atoms with Gasteiger partial charge in [-0.3, -0.25) is 14.3 Å². The molecule has 0 radical (unpaired) electrons. The summed E-state index contributed by atoms with van der Waals surface area (Å²) in [5.41, 5.74) is 5.48. The van der Waals surface area contributed by atoms with Gasteiger partial charge in [0.25, 0.3) is 5.56 Å². The zero-order valence-electron chi connectivity index (χ0n) is 12.8. The molecule has 1 aliphatic rings. The van der Waals surface area contributed by atoms with Crippen LogP contribution in [0.2, 0.25) is 0 Å². The molecule has 0 atom stereocenters. The molecule has 118 valence electrons. The fourth-order valence-corrected chi connectivity index (χ4v) is 2.77. The largest absolute Gasteiger partial charge is 0.383 e. The summed E-state index contributed by atoms with van der Waals surface area (Å²) in [5.74, 6) is 0.239. The lowest BCUT2D eigenvalue weighted by atomic mass is 10.0. The van der Waals surface area contributed by atoms with Gasteiger partial charge in [-0.1, -0.05) is 13.8 Å². The van der Waals surface area contributed by atoms with Crippen molar-refractivity contribution in [3.8, 4) is 0 Å². The quantitative estimate of drug-likeness (QED) is 0.732. The van der Waals surface area contributed by atoms with Crippen LogP contribution >= 0.6 is 0 Å². The molecule has 4 N–H and O–H groups in total. The highest BCUT2D eigenvalue weighted by molar-refractivity contribution is 5.60. The molecule has 0 unspecified atom stereocenters. The standard InChI is InChI=1S/C14H25N5O2/c1-3-7-19-12(15)11(13(20)17-14(19)21)16-10-5-8-18(4-2)9-6-10/h10,16H,3-9,15H2,1-2H3,(H,17,20,21). The second-order valence-electron chi connectivity index (χ2n) is 5.52. The summed E-state index contributed by atoms with van der Waals surface area (Å²) in [4.78, 5) is 28.5. The summed E-state index contributed by atoms with van der Waals surface area (Å²) in [5, 5.41) is 3.23. The second kappa shape index (κ2) is 6.80. The summed E-state index contributed by atoms with van der Waals surface area (Å²) >= 11 is 0. The molecule has 1 aromatic heterocycles. The van der Waals surface area contributed by atoms with Crippen LogP contribution in [0.25, 0.3) is 0 Å². The third kappa shape index (κ3) is 3.47. The Labute approximate surface area is 124 Å². The molecular weight excluding hydrogens is 270 g/mol. The monoisotopic (exact) mass is 295 g/mol. The van der Waals surface area contributed by atoms with E-state index in [1.807, 2.05) is 6.92 Å². The molecule has 0 amide bonds. The molecule has 1 aliphatic heterocycles. The third-order valence-electron chi connectivity index (χ3n) is 4.07. The third-order valence-corrected chi connectivity index (χ3v) is 4.07. The molecule has 21 heavy (non-hydrogen) atoms. The zero-order chi connectivity index (χ0) is 15.4. The first-order chi connectivity index (χ1) is 10.1. The first-order valence-electron chi connectivity index (χ1n) is 7.68. The average molecular weight is 295 g/mol. The first kappa shape index (κ1) is 15.6. The normalized spacial score (nSPS) is 17.0. The first-order valence-corrected chi connectivity index (χ1v) is 7.68. The number of piperidine rings is 1. The maximum Gasteiger partial charge on any atom is 0.330 e. The van der Waals surface area contributed by atoms with E-state index in [-0.39, 0.29) is 11.9 Å². The van der Waals surface area contributed by atoms with Gasteiger partial charge in [-0.05, 0) is 25.8 Å². The van der Waals surface area contributed by atoms with Gasteiger partial charge in [-0.25, -0.2) is 4.79 Å². The van der Waals surface area contributed by atoms with Crippen molar-refractivity contribution in [3.05, 3.63) is 20.8 Å². The highest BCUT2D eigenvalue weighted by Crippen LogP contribution is 2.17. The minimum atomic E-state index is -0.439. The lowest BCUT2D eigenvalue weighted by Gasteiger charge is -2.32. The van der Waals surface area contributed by atoms with Gasteiger partial charge in [0.2, 0.25) is 0 Å². The van der Waals surface area contributed by atoms with E-state index in [0.717, 1.165) is 38.9 Å². The van der Waals surface area contributed by atoms with E-state index in [2.05, 4.69) is 22.1 Å². The van der Waals surface area contributed by atoms with Gasteiger partial charge >= 0.3 is 5.69 Å². The minimum Gasteiger partial charge on any atom is -0.383 e. The molecule has 7 nitrogen and oxygen atoms in total. The van der Waals surface area contributed by atoms with Crippen LogP contribution in [0.5, 0.6) is 0 Å². The number of hydrogen-bond donors (Lipinski definition) is 3. The molecule has 2 rings (SSSR count). The lowest BCUT2D eigenvalue weighted by Crippen LogP contribution is -2.41. The number of nitrogens with two attached hydrogens (primary N) is 1. The fourth-order valence-electron chi connectivity index (χ4n) is 2.77. The van der Waals surface area contributed by atoms with E-state index in [9.17, 15) is 9.59 Å². The number of likely N-dealkylation sites (tertiary alicyclic amines) is 1. The highest BCUT2D eigenvalue weighted by atomic mass is 16.2. The zero-order valence-corrected chi connectivity index (χ0v) is 12.8. The molecule has 1 aromatic rings. The van der Waals surface area contributed by atoms with Crippen molar-refractivity contribution in [2.24, 2.45) is 0 Å². The van der Waals surface area contributed by atoms with Crippen LogP contribution in [0.4, 0.5) is 11.5 Å². The molecule has 7 heteroatoms. The maximum absolute atomic E-state index is 12.0. The minimum absolute atomic E-state index is 0.226. The van der Waals surface area contributed by atoms with E-state index < -0.39 is 11.2 Å². The van der Waals surface area contributed by atoms with Crippen molar-refractivity contribution in [1.29, 1.82) is 0 Å². The maximum atomic E-state index is 12.0. The Bertz CT molecular complexity index is 584. The molecule has 1 fully saturated rings. The number of nitrogens with one attached hydrogen (secondary N) is 2. The molecule has 0 aliphatic carbocycles. The number of anilines is 2. The summed E-state index contributed by atoms with van der Waals surface area (Å²) in [6.45, 7) is 7.70. The van der Waals surface area contributed by atoms with Crippen LogP contribution in [0.1, 0.15) is 33.1 Å². The summed E-state index contributed by atoms with van der Waals surface area (Å²) in [6, 6.07) is 0.226. The molecule has 0 bridgehead atoms. The Hall–Kier alpha value is -1.76. The summed E-state index contributed by atoms with van der Waals surface area (Å²) in [7, 11) is 0. The van der Waals surface area contributed by atoms with Crippen molar-refractivity contribution in [3.63, 3.8) is 0 Å². The van der Waals surface area contributed by atoms with Crippen LogP contribution in [0, 0.1) is 0 Å². The highest BCUT2D eigenvalue weighted by Gasteiger charge is 2.21. The molecule has 0 saturated carbocycles. The predicted molar refractivity (Wildman–Crippen MR) is 84.8 cm³/mol. The predicted octanol–water partition coefficient (Wildman–Crippen LogP) is 0.425. The fraction of sp³-hybridized carbons (Fsp3) is 0.714. The van der Waals surface area contributed by atoms with Crippen LogP contribution in [-0.4, -0.2) is 40.1 Å². The van der Waals surface area contributed by atoms with Gasteiger partial charge in [0.05, 0.1) is 0 Å². The molecule has 1 saturated heterocycles. The van der Waals surface area contributed by atoms with Crippen molar-refractivity contribution < 1.29 is 0 Å². The SMILES string of the molecule is CCCn1c(N)c(NC2CCN(CC)CC2)c(=O)[nH]c1=O. The molecule has 2 heterocycles. The van der Waals surface area contributed by atoms with E-state index in [4.69, 9.17) is 5.73 Å². The molecule has 0 spiro atoms. The van der Waals surface area contributed by atoms with Gasteiger partial charge < -0.3 is 16.0 Å². The van der Waals surface area contributed by atoms with Gasteiger partial charge in [-0.2, -0.15) is 0 Å². The van der Waals surface area contributed by atoms with Crippen LogP contribution < -0.4 is 22.3 Å². The Morgan fingerprint density at radius 1 is 1.29 bits per heavy atom. The summed E-state index contributed by atoms with van der Waals surface area (Å²) < 4.78 is 1.42. The Balaban J connectivity index is 2.19. The van der Waals surface area contributed by atoms with Crippen molar-refractivity contribution >= 4 is 11.5 Å². The summed E-state index contributed by atoms with van der Waals surface area (Å²) in [6.07, 6.45) is 2.73. The van der Waals surface area contributed by atoms with Gasteiger partial charge in [0.15, 0.2) is 0 Å². The average Bonchev–Trinajstić information content (AvgIpc) is 2.48.